The first-order chi connectivity index (χ1) is 9.28. The molecule has 0 aliphatic heterocycles. The van der Waals surface area contributed by atoms with Gasteiger partial charge < -0.3 is 14.8 Å². The Kier molecular flexibility index (Phi) is 4.30. The minimum absolute atomic E-state index is 0.633. The number of hydrogen-bond donors (Lipinski definition) is 1. The normalized spacial score (nSPS) is 10.5. The summed E-state index contributed by atoms with van der Waals surface area (Å²) in [7, 11) is 5.08. The molecule has 0 atom stereocenters. The standard InChI is InChI=1S/C12H17N5O2/c1-13-7-6-12-14-16-17(15-12)9-4-5-10(18-2)11(8-9)19-3/h4-5,8,13H,6-7H2,1-3H3. The summed E-state index contributed by atoms with van der Waals surface area (Å²) in [5.74, 6) is 2.00. The summed E-state index contributed by atoms with van der Waals surface area (Å²) in [6.45, 7) is 0.817. The maximum absolute atomic E-state index is 5.25. The van der Waals surface area contributed by atoms with Crippen LogP contribution >= 0.6 is 0 Å². The van der Waals surface area contributed by atoms with E-state index in [0.717, 1.165) is 18.7 Å². The summed E-state index contributed by atoms with van der Waals surface area (Å²) in [5.41, 5.74) is 0.779. The van der Waals surface area contributed by atoms with Gasteiger partial charge in [-0.3, -0.25) is 0 Å². The second-order valence-corrected chi connectivity index (χ2v) is 3.89. The van der Waals surface area contributed by atoms with E-state index in [0.29, 0.717) is 17.3 Å². The van der Waals surface area contributed by atoms with Gasteiger partial charge in [-0.2, -0.15) is 0 Å². The molecule has 1 aromatic heterocycles. The lowest BCUT2D eigenvalue weighted by Gasteiger charge is -2.08. The fourth-order valence-electron chi connectivity index (χ4n) is 1.64. The number of nitrogens with zero attached hydrogens (tertiary/aromatic N) is 4. The minimum atomic E-state index is 0.633. The average Bonchev–Trinajstić information content (AvgIpc) is 2.93. The predicted molar refractivity (Wildman–Crippen MR) is 69.9 cm³/mol. The van der Waals surface area contributed by atoms with E-state index in [2.05, 4.69) is 20.7 Å². The first-order valence-electron chi connectivity index (χ1n) is 5.94. The molecule has 7 nitrogen and oxygen atoms in total. The molecule has 0 unspecified atom stereocenters. The highest BCUT2D eigenvalue weighted by Gasteiger charge is 2.09. The van der Waals surface area contributed by atoms with Gasteiger partial charge in [0.2, 0.25) is 0 Å². The molecular formula is C12H17N5O2. The number of ether oxygens (including phenoxy) is 2. The second kappa shape index (κ2) is 6.14. The molecule has 7 heteroatoms. The Labute approximate surface area is 111 Å². The molecular weight excluding hydrogens is 246 g/mol. The van der Waals surface area contributed by atoms with Gasteiger partial charge in [-0.1, -0.05) is 0 Å². The van der Waals surface area contributed by atoms with Crippen molar-refractivity contribution in [3.63, 3.8) is 0 Å². The largest absolute Gasteiger partial charge is 0.493 e. The van der Waals surface area contributed by atoms with Gasteiger partial charge >= 0.3 is 0 Å². The molecule has 0 saturated carbocycles. The summed E-state index contributed by atoms with van der Waals surface area (Å²) in [6.07, 6.45) is 0.740. The highest BCUT2D eigenvalue weighted by atomic mass is 16.5. The molecule has 102 valence electrons. The Bertz CT molecular complexity index is 541. The van der Waals surface area contributed by atoms with Gasteiger partial charge in [-0.25, -0.2) is 0 Å². The van der Waals surface area contributed by atoms with Gasteiger partial charge in [-0.05, 0) is 24.4 Å². The predicted octanol–water partition coefficient (Wildman–Crippen LogP) is 0.441. The topological polar surface area (TPSA) is 74.1 Å². The van der Waals surface area contributed by atoms with E-state index < -0.39 is 0 Å². The minimum Gasteiger partial charge on any atom is -0.493 e. The Hall–Kier alpha value is -2.15. The maximum atomic E-state index is 5.25. The number of likely N-dealkylation sites (N-methyl/N-ethyl adjacent to an activating group) is 1. The number of benzene rings is 1. The molecule has 2 rings (SSSR count). The van der Waals surface area contributed by atoms with Gasteiger partial charge in [0.25, 0.3) is 0 Å². The maximum Gasteiger partial charge on any atom is 0.176 e. The van der Waals surface area contributed by atoms with Crippen LogP contribution in [0.25, 0.3) is 5.69 Å². The molecule has 1 aromatic carbocycles. The number of tetrazole rings is 1. The van der Waals surface area contributed by atoms with Crippen LogP contribution in [0.4, 0.5) is 0 Å². The van der Waals surface area contributed by atoms with Crippen molar-refractivity contribution in [2.45, 2.75) is 6.42 Å². The van der Waals surface area contributed by atoms with E-state index in [1.165, 1.54) is 4.80 Å². The number of rotatable bonds is 6. The van der Waals surface area contributed by atoms with E-state index in [4.69, 9.17) is 9.47 Å². The third-order valence-corrected chi connectivity index (χ3v) is 2.65. The molecule has 1 heterocycles. The van der Waals surface area contributed by atoms with E-state index in [1.54, 1.807) is 14.2 Å². The molecule has 0 fully saturated rings. The summed E-state index contributed by atoms with van der Waals surface area (Å²) < 4.78 is 10.4. The van der Waals surface area contributed by atoms with Crippen LogP contribution in [0.1, 0.15) is 5.82 Å². The van der Waals surface area contributed by atoms with Crippen molar-refractivity contribution in [1.29, 1.82) is 0 Å². The van der Waals surface area contributed by atoms with Crippen molar-refractivity contribution < 1.29 is 9.47 Å². The highest BCUT2D eigenvalue weighted by Crippen LogP contribution is 2.28. The zero-order chi connectivity index (χ0) is 13.7. The van der Waals surface area contributed by atoms with E-state index in [-0.39, 0.29) is 0 Å². The molecule has 0 aliphatic rings. The van der Waals surface area contributed by atoms with E-state index in [9.17, 15) is 0 Å². The van der Waals surface area contributed by atoms with Crippen LogP contribution in [0.2, 0.25) is 0 Å². The summed E-state index contributed by atoms with van der Waals surface area (Å²) in [4.78, 5) is 1.48. The lowest BCUT2D eigenvalue weighted by atomic mass is 10.3. The Morgan fingerprint density at radius 3 is 2.68 bits per heavy atom. The lowest BCUT2D eigenvalue weighted by Crippen LogP contribution is -2.11. The quantitative estimate of drug-likeness (QED) is 0.815. The van der Waals surface area contributed by atoms with Crippen molar-refractivity contribution in [2.75, 3.05) is 27.8 Å². The molecule has 0 radical (unpaired) electrons. The van der Waals surface area contributed by atoms with Crippen molar-refractivity contribution in [2.24, 2.45) is 0 Å². The van der Waals surface area contributed by atoms with Crippen LogP contribution < -0.4 is 14.8 Å². The molecule has 0 spiro atoms. The zero-order valence-electron chi connectivity index (χ0n) is 11.3. The molecule has 0 amide bonds. The van der Waals surface area contributed by atoms with Crippen molar-refractivity contribution in [3.05, 3.63) is 24.0 Å². The SMILES string of the molecule is CNCCc1nnn(-c2ccc(OC)c(OC)c2)n1. The summed E-state index contributed by atoms with van der Waals surface area (Å²) in [5, 5.41) is 15.4. The van der Waals surface area contributed by atoms with Crippen LogP contribution in [0, 0.1) is 0 Å². The molecule has 0 aliphatic carbocycles. The van der Waals surface area contributed by atoms with Crippen LogP contribution in [-0.4, -0.2) is 48.0 Å². The second-order valence-electron chi connectivity index (χ2n) is 3.89. The molecule has 0 bridgehead atoms. The number of methoxy groups -OCH3 is 2. The first-order valence-corrected chi connectivity index (χ1v) is 5.94. The first kappa shape index (κ1) is 13.3. The van der Waals surface area contributed by atoms with Crippen LogP contribution in [0.5, 0.6) is 11.5 Å². The van der Waals surface area contributed by atoms with Gasteiger partial charge in [0, 0.05) is 19.0 Å². The monoisotopic (exact) mass is 263 g/mol. The highest BCUT2D eigenvalue weighted by molar-refractivity contribution is 5.47. The van der Waals surface area contributed by atoms with Crippen molar-refractivity contribution in [3.8, 4) is 17.2 Å². The Morgan fingerprint density at radius 2 is 2.00 bits per heavy atom. The van der Waals surface area contributed by atoms with Crippen LogP contribution in [0.3, 0.4) is 0 Å². The smallest absolute Gasteiger partial charge is 0.176 e. The van der Waals surface area contributed by atoms with Gasteiger partial charge in [0.1, 0.15) is 0 Å². The van der Waals surface area contributed by atoms with Gasteiger partial charge in [0.05, 0.1) is 19.9 Å². The van der Waals surface area contributed by atoms with Crippen molar-refractivity contribution in [1.82, 2.24) is 25.5 Å². The van der Waals surface area contributed by atoms with Crippen molar-refractivity contribution >= 4 is 0 Å². The average molecular weight is 263 g/mol. The fraction of sp³-hybridized carbons (Fsp3) is 0.417. The number of nitrogens with one attached hydrogen (secondary N) is 1. The third kappa shape index (κ3) is 3.00. The van der Waals surface area contributed by atoms with Crippen LogP contribution in [-0.2, 0) is 6.42 Å². The van der Waals surface area contributed by atoms with Crippen LogP contribution in [0.15, 0.2) is 18.2 Å². The summed E-state index contributed by atoms with van der Waals surface area (Å²) in [6, 6.07) is 5.47. The molecule has 19 heavy (non-hydrogen) atoms. The summed E-state index contributed by atoms with van der Waals surface area (Å²) >= 11 is 0. The lowest BCUT2D eigenvalue weighted by molar-refractivity contribution is 0.354. The number of aromatic nitrogens is 4. The van der Waals surface area contributed by atoms with Gasteiger partial charge in [0.15, 0.2) is 17.3 Å². The Morgan fingerprint density at radius 1 is 1.21 bits per heavy atom. The van der Waals surface area contributed by atoms with Gasteiger partial charge in [-0.15, -0.1) is 15.0 Å². The molecule has 2 aromatic rings. The van der Waals surface area contributed by atoms with E-state index >= 15 is 0 Å². The zero-order valence-corrected chi connectivity index (χ0v) is 11.3. The molecule has 1 N–H and O–H groups in total. The molecule has 0 saturated heterocycles. The van der Waals surface area contributed by atoms with E-state index in [1.807, 2.05) is 25.2 Å². The fourth-order valence-corrected chi connectivity index (χ4v) is 1.64. The number of hydrogen-bond acceptors (Lipinski definition) is 6. The Balaban J connectivity index is 2.23. The third-order valence-electron chi connectivity index (χ3n) is 2.65.